The maximum absolute atomic E-state index is 12.6. The molecule has 0 atom stereocenters. The Morgan fingerprint density at radius 3 is 2.05 bits per heavy atom. The number of hydrogen-bond acceptors (Lipinski definition) is 3. The molecular weight excluding hydrogens is 272 g/mol. The summed E-state index contributed by atoms with van der Waals surface area (Å²) in [7, 11) is -2.12. The second-order valence-electron chi connectivity index (χ2n) is 4.85. The summed E-state index contributed by atoms with van der Waals surface area (Å²) in [5.41, 5.74) is 8.72. The van der Waals surface area contributed by atoms with Gasteiger partial charge in [0.2, 0.25) is 0 Å². The summed E-state index contributed by atoms with van der Waals surface area (Å²) in [6.07, 6.45) is 0. The molecule has 0 radical (unpaired) electrons. The quantitative estimate of drug-likeness (QED) is 0.884. The number of rotatable bonds is 3. The van der Waals surface area contributed by atoms with Crippen molar-refractivity contribution < 1.29 is 8.42 Å². The van der Waals surface area contributed by atoms with Gasteiger partial charge in [0, 0.05) is 7.05 Å². The van der Waals surface area contributed by atoms with E-state index in [2.05, 4.69) is 0 Å². The molecule has 2 rings (SSSR count). The number of nitrogens with two attached hydrogens (primary N) is 1. The van der Waals surface area contributed by atoms with Crippen LogP contribution in [0.3, 0.4) is 0 Å². The van der Waals surface area contributed by atoms with Crippen molar-refractivity contribution in [3.63, 3.8) is 0 Å². The fourth-order valence-corrected chi connectivity index (χ4v) is 3.23. The highest BCUT2D eigenvalue weighted by atomic mass is 32.2. The molecule has 0 aliphatic rings. The third kappa shape index (κ3) is 2.63. The molecule has 2 N–H and O–H groups in total. The lowest BCUT2D eigenvalue weighted by atomic mass is 10.2. The molecule has 2 aromatic carbocycles. The zero-order valence-electron chi connectivity index (χ0n) is 11.8. The zero-order valence-corrected chi connectivity index (χ0v) is 12.6. The molecule has 0 saturated heterocycles. The number of hydrogen-bond donors (Lipinski definition) is 1. The Balaban J connectivity index is 2.46. The molecule has 0 spiro atoms. The van der Waals surface area contributed by atoms with Crippen molar-refractivity contribution in [1.82, 2.24) is 0 Å². The molecule has 106 valence electrons. The van der Waals surface area contributed by atoms with Gasteiger partial charge in [-0.15, -0.1) is 0 Å². The van der Waals surface area contributed by atoms with E-state index in [0.29, 0.717) is 5.69 Å². The maximum atomic E-state index is 12.6. The molecule has 0 bridgehead atoms. The minimum atomic E-state index is -3.64. The van der Waals surface area contributed by atoms with Crippen LogP contribution < -0.4 is 10.0 Å². The Morgan fingerprint density at radius 1 is 0.950 bits per heavy atom. The highest BCUT2D eigenvalue weighted by Crippen LogP contribution is 2.26. The first-order valence-corrected chi connectivity index (χ1v) is 7.68. The number of sulfonamides is 1. The van der Waals surface area contributed by atoms with E-state index < -0.39 is 10.0 Å². The van der Waals surface area contributed by atoms with Crippen LogP contribution in [0.5, 0.6) is 0 Å². The van der Waals surface area contributed by atoms with Crippen molar-refractivity contribution in [3.05, 3.63) is 53.6 Å². The standard InChI is InChI=1S/C15H18N2O2S/c1-11-4-7-13(8-5-11)17(3)20(18,19)15-9-6-12(2)10-14(15)16/h4-10H,16H2,1-3H3. The summed E-state index contributed by atoms with van der Waals surface area (Å²) < 4.78 is 26.4. The molecule has 0 aromatic heterocycles. The third-order valence-electron chi connectivity index (χ3n) is 3.20. The van der Waals surface area contributed by atoms with Gasteiger partial charge in [0.25, 0.3) is 10.0 Å². The average Bonchev–Trinajstić information content (AvgIpc) is 2.38. The first-order chi connectivity index (χ1) is 9.32. The summed E-state index contributed by atoms with van der Waals surface area (Å²) >= 11 is 0. The fourth-order valence-electron chi connectivity index (χ4n) is 1.94. The summed E-state index contributed by atoms with van der Waals surface area (Å²) in [4.78, 5) is 0.131. The van der Waals surface area contributed by atoms with Gasteiger partial charge in [0.1, 0.15) is 4.90 Å². The zero-order chi connectivity index (χ0) is 14.9. The van der Waals surface area contributed by atoms with Crippen LogP contribution in [0.4, 0.5) is 11.4 Å². The van der Waals surface area contributed by atoms with Crippen LogP contribution in [0.1, 0.15) is 11.1 Å². The SMILES string of the molecule is Cc1ccc(N(C)S(=O)(=O)c2ccc(C)cc2N)cc1. The number of benzene rings is 2. The molecule has 0 amide bonds. The summed E-state index contributed by atoms with van der Waals surface area (Å²) in [5.74, 6) is 0. The molecule has 5 heteroatoms. The number of nitrogen functional groups attached to an aromatic ring is 1. The van der Waals surface area contributed by atoms with Crippen LogP contribution >= 0.6 is 0 Å². The van der Waals surface area contributed by atoms with Gasteiger partial charge in [0.15, 0.2) is 0 Å². The topological polar surface area (TPSA) is 63.4 Å². The molecule has 0 aliphatic carbocycles. The van der Waals surface area contributed by atoms with Crippen LogP contribution in [0, 0.1) is 13.8 Å². The number of anilines is 2. The second kappa shape index (κ2) is 5.17. The van der Waals surface area contributed by atoms with Crippen molar-refractivity contribution in [2.45, 2.75) is 18.7 Å². The Morgan fingerprint density at radius 2 is 1.50 bits per heavy atom. The van der Waals surface area contributed by atoms with Gasteiger partial charge in [-0.1, -0.05) is 23.8 Å². The predicted molar refractivity (Wildman–Crippen MR) is 82.4 cm³/mol. The minimum Gasteiger partial charge on any atom is -0.398 e. The Labute approximate surface area is 119 Å². The van der Waals surface area contributed by atoms with Crippen LogP contribution in [0.15, 0.2) is 47.4 Å². The minimum absolute atomic E-state index is 0.131. The van der Waals surface area contributed by atoms with E-state index in [1.807, 2.05) is 26.0 Å². The molecule has 2 aromatic rings. The lowest BCUT2D eigenvalue weighted by molar-refractivity contribution is 0.595. The number of aryl methyl sites for hydroxylation is 2. The highest BCUT2D eigenvalue weighted by molar-refractivity contribution is 7.93. The van der Waals surface area contributed by atoms with Crippen molar-refractivity contribution in [1.29, 1.82) is 0 Å². The van der Waals surface area contributed by atoms with Gasteiger partial charge in [-0.25, -0.2) is 8.42 Å². The van der Waals surface area contributed by atoms with Gasteiger partial charge in [-0.05, 0) is 43.7 Å². The van der Waals surface area contributed by atoms with Crippen LogP contribution in [0.25, 0.3) is 0 Å². The van der Waals surface area contributed by atoms with E-state index in [0.717, 1.165) is 11.1 Å². The molecule has 0 heterocycles. The van der Waals surface area contributed by atoms with Crippen molar-refractivity contribution in [2.75, 3.05) is 17.1 Å². The first kappa shape index (κ1) is 14.4. The van der Waals surface area contributed by atoms with Gasteiger partial charge in [-0.3, -0.25) is 4.31 Å². The van der Waals surface area contributed by atoms with E-state index in [1.165, 1.54) is 11.4 Å². The van der Waals surface area contributed by atoms with Crippen LogP contribution in [0.2, 0.25) is 0 Å². The van der Waals surface area contributed by atoms with Crippen LogP contribution in [-0.2, 0) is 10.0 Å². The Hall–Kier alpha value is -2.01. The van der Waals surface area contributed by atoms with Crippen LogP contribution in [-0.4, -0.2) is 15.5 Å². The smallest absolute Gasteiger partial charge is 0.266 e. The lowest BCUT2D eigenvalue weighted by Crippen LogP contribution is -2.27. The molecule has 0 unspecified atom stereocenters. The lowest BCUT2D eigenvalue weighted by Gasteiger charge is -2.20. The molecular formula is C15H18N2O2S. The van der Waals surface area contributed by atoms with E-state index in [9.17, 15) is 8.42 Å². The van der Waals surface area contributed by atoms with Gasteiger partial charge in [-0.2, -0.15) is 0 Å². The largest absolute Gasteiger partial charge is 0.398 e. The monoisotopic (exact) mass is 290 g/mol. The summed E-state index contributed by atoms with van der Waals surface area (Å²) in [6, 6.07) is 12.3. The Kier molecular flexibility index (Phi) is 3.72. The van der Waals surface area contributed by atoms with E-state index in [-0.39, 0.29) is 10.6 Å². The third-order valence-corrected chi connectivity index (χ3v) is 5.06. The Bertz CT molecular complexity index is 722. The molecule has 0 saturated carbocycles. The predicted octanol–water partition coefficient (Wildman–Crippen LogP) is 2.71. The second-order valence-corrected chi connectivity index (χ2v) is 6.79. The summed E-state index contributed by atoms with van der Waals surface area (Å²) in [6.45, 7) is 3.83. The van der Waals surface area contributed by atoms with E-state index in [1.54, 1.807) is 30.3 Å². The summed E-state index contributed by atoms with van der Waals surface area (Å²) in [5, 5.41) is 0. The highest BCUT2D eigenvalue weighted by Gasteiger charge is 2.23. The van der Waals surface area contributed by atoms with Crippen molar-refractivity contribution in [2.24, 2.45) is 0 Å². The van der Waals surface area contributed by atoms with Gasteiger partial charge >= 0.3 is 0 Å². The fraction of sp³-hybridized carbons (Fsp3) is 0.200. The maximum Gasteiger partial charge on any atom is 0.266 e. The van der Waals surface area contributed by atoms with E-state index >= 15 is 0 Å². The van der Waals surface area contributed by atoms with Crippen molar-refractivity contribution >= 4 is 21.4 Å². The molecule has 4 nitrogen and oxygen atoms in total. The normalized spacial score (nSPS) is 11.3. The van der Waals surface area contributed by atoms with Gasteiger partial charge < -0.3 is 5.73 Å². The van der Waals surface area contributed by atoms with E-state index in [4.69, 9.17) is 5.73 Å². The molecule has 0 aliphatic heterocycles. The van der Waals surface area contributed by atoms with Gasteiger partial charge in [0.05, 0.1) is 11.4 Å². The van der Waals surface area contributed by atoms with Crippen molar-refractivity contribution in [3.8, 4) is 0 Å². The molecule has 0 fully saturated rings. The molecule has 20 heavy (non-hydrogen) atoms. The average molecular weight is 290 g/mol. The number of nitrogens with zero attached hydrogens (tertiary/aromatic N) is 1. The first-order valence-electron chi connectivity index (χ1n) is 6.24.